The first-order valence-electron chi connectivity index (χ1n) is 22.7. The van der Waals surface area contributed by atoms with Gasteiger partial charge in [-0.15, -0.1) is 34.0 Å². The number of hydrazine groups is 1. The van der Waals surface area contributed by atoms with Crippen LogP contribution in [0.3, 0.4) is 0 Å². The number of nitrogens with two attached hydrogens (primary N) is 1. The fraction of sp³-hybridized carbons (Fsp3) is 0.556. The molecule has 5 aromatic rings. The van der Waals surface area contributed by atoms with Crippen LogP contribution in [0.1, 0.15) is 121 Å². The number of aryl methyl sites for hydroxylation is 2. The van der Waals surface area contributed by atoms with Crippen LogP contribution in [-0.2, 0) is 48.2 Å². The molecule has 8 rings (SSSR count). The number of ether oxygens (including phenoxy) is 3. The maximum absolute atomic E-state index is 11.8. The molecule has 8 heterocycles. The topological polar surface area (TPSA) is 235 Å². The molecule has 3 aliphatic rings. The van der Waals surface area contributed by atoms with Crippen molar-refractivity contribution in [1.82, 2.24) is 39.9 Å². The van der Waals surface area contributed by atoms with Crippen LogP contribution >= 0.6 is 34.0 Å². The van der Waals surface area contributed by atoms with Gasteiger partial charge in [0.05, 0.1) is 70.2 Å². The van der Waals surface area contributed by atoms with Crippen molar-refractivity contribution >= 4 is 78.9 Å². The largest absolute Gasteiger partial charge is 0.464 e. The van der Waals surface area contributed by atoms with Crippen molar-refractivity contribution in [3.05, 3.63) is 68.1 Å². The first-order valence-corrected chi connectivity index (χ1v) is 25.3. The highest BCUT2D eigenvalue weighted by molar-refractivity contribution is 7.14. The Balaban J connectivity index is 0.000000177. The summed E-state index contributed by atoms with van der Waals surface area (Å²) >= 11 is 5.06. The lowest BCUT2D eigenvalue weighted by Gasteiger charge is -2.25. The summed E-state index contributed by atoms with van der Waals surface area (Å²) < 4.78 is 17.0. The first-order chi connectivity index (χ1) is 32.8. The number of carbonyl (C=O) groups is 5. The van der Waals surface area contributed by atoms with E-state index in [2.05, 4.69) is 50.8 Å². The minimum atomic E-state index is -0.963. The van der Waals surface area contributed by atoms with Crippen molar-refractivity contribution in [2.75, 3.05) is 75.3 Å². The molecule has 0 saturated carbocycles. The zero-order valence-corrected chi connectivity index (χ0v) is 42.3. The molecule has 0 aliphatic carbocycles. The lowest BCUT2D eigenvalue weighted by atomic mass is 10.1. The van der Waals surface area contributed by atoms with Gasteiger partial charge in [-0.2, -0.15) is 10.2 Å². The lowest BCUT2D eigenvalue weighted by molar-refractivity contribution is -0.152. The van der Waals surface area contributed by atoms with Gasteiger partial charge in [0.25, 0.3) is 0 Å². The summed E-state index contributed by atoms with van der Waals surface area (Å²) in [6.45, 7) is 13.4. The third-order valence-corrected chi connectivity index (χ3v) is 13.8. The van der Waals surface area contributed by atoms with Crippen LogP contribution in [0.15, 0.2) is 28.3 Å². The Hall–Kier alpha value is -5.62. The van der Waals surface area contributed by atoms with Gasteiger partial charge >= 0.3 is 17.9 Å². The molecule has 370 valence electrons. The maximum atomic E-state index is 11.8. The number of aromatic nitrogens is 7. The van der Waals surface area contributed by atoms with E-state index in [1.165, 1.54) is 78.9 Å². The average Bonchev–Trinajstić information content (AvgIpc) is 4.23. The monoisotopic (exact) mass is 996 g/mol. The van der Waals surface area contributed by atoms with Crippen LogP contribution in [0.2, 0.25) is 0 Å². The number of thiazole rings is 3. The Morgan fingerprint density at radius 2 is 1.07 bits per heavy atom. The Kier molecular flexibility index (Phi) is 21.5. The summed E-state index contributed by atoms with van der Waals surface area (Å²) in [6.07, 6.45) is 11.2. The minimum Gasteiger partial charge on any atom is -0.464 e. The predicted octanol–water partition coefficient (Wildman–Crippen LogP) is 5.75. The molecule has 0 atom stereocenters. The van der Waals surface area contributed by atoms with Crippen molar-refractivity contribution in [2.24, 2.45) is 5.84 Å². The number of hydrogen-bond donors (Lipinski definition) is 2. The van der Waals surface area contributed by atoms with E-state index in [1.807, 2.05) is 19.2 Å². The normalized spacial score (nSPS) is 14.6. The summed E-state index contributed by atoms with van der Waals surface area (Å²) in [5.41, 5.74) is 8.10. The standard InChI is InChI=1S/2C15H20N4O2S.C9H16N4S.C6H8O4/c1-11-8-13(14(20)21-2)17-19(11)9-12-10-22-15(16-12)18-6-4-3-5-7-18;1-11-8-13(14(20)21-2)19(17-11)9-12-10-22-15(16-12)18-6-4-3-5-7-18;10-11-6-8-7-14-9(12-8)13-4-2-1-3-5-13;1-4(7)3-5(8)6(9)10-2/h2*8,10H,3-7,9H2,1-2H3;7,11H,1-6,10H2;3H2,1-2H3. The van der Waals surface area contributed by atoms with Crippen LogP contribution < -0.4 is 26.0 Å². The van der Waals surface area contributed by atoms with Crippen molar-refractivity contribution < 1.29 is 38.2 Å². The molecule has 3 N–H and O–H groups in total. The van der Waals surface area contributed by atoms with Crippen molar-refractivity contribution in [3.8, 4) is 0 Å². The van der Waals surface area contributed by atoms with E-state index in [4.69, 9.17) is 25.3 Å². The third-order valence-electron chi connectivity index (χ3n) is 10.9. The SMILES string of the molecule is COC(=O)C(=O)CC(C)=O.COC(=O)c1cc(C)n(Cc2csc(N3CCCCC3)n2)n1.COC(=O)c1cc(C)nn1Cc1csc(N2CCCCC2)n1.NNCc1csc(N2CCCCC2)n1. The number of rotatable bonds is 14. The van der Waals surface area contributed by atoms with Gasteiger partial charge in [0.2, 0.25) is 5.78 Å². The second kappa shape index (κ2) is 27.4. The molecule has 23 heteroatoms. The number of ketones is 2. The van der Waals surface area contributed by atoms with E-state index in [0.717, 1.165) is 90.2 Å². The maximum Gasteiger partial charge on any atom is 0.374 e. The van der Waals surface area contributed by atoms with E-state index in [9.17, 15) is 24.0 Å². The second-order valence-electron chi connectivity index (χ2n) is 16.3. The summed E-state index contributed by atoms with van der Waals surface area (Å²) in [7, 11) is 3.84. The van der Waals surface area contributed by atoms with Gasteiger partial charge in [-0.05, 0) is 90.7 Å². The average molecular weight is 997 g/mol. The molecule has 0 bridgehead atoms. The highest BCUT2D eigenvalue weighted by Crippen LogP contribution is 2.27. The zero-order chi connectivity index (χ0) is 49.0. The van der Waals surface area contributed by atoms with Gasteiger partial charge in [0.15, 0.2) is 21.1 Å². The Morgan fingerprint density at radius 3 is 1.51 bits per heavy atom. The zero-order valence-electron chi connectivity index (χ0n) is 39.9. The summed E-state index contributed by atoms with van der Waals surface area (Å²) in [5, 5.41) is 18.1. The molecule has 0 aromatic carbocycles. The van der Waals surface area contributed by atoms with Crippen LogP contribution in [-0.4, -0.2) is 125 Å². The highest BCUT2D eigenvalue weighted by atomic mass is 32.1. The molecule has 3 saturated heterocycles. The van der Waals surface area contributed by atoms with Gasteiger partial charge in [-0.3, -0.25) is 30.2 Å². The Bertz CT molecular complexity index is 2390. The number of Topliss-reactive ketones (excluding diaryl/α,β-unsaturated/α-hetero) is 2. The number of carbonyl (C=O) groups excluding carboxylic acids is 5. The molecule has 20 nitrogen and oxygen atoms in total. The first kappa shape index (κ1) is 53.3. The van der Waals surface area contributed by atoms with Crippen LogP contribution in [0.5, 0.6) is 0 Å². The fourth-order valence-electron chi connectivity index (χ4n) is 7.44. The van der Waals surface area contributed by atoms with Crippen LogP contribution in [0.25, 0.3) is 0 Å². The second-order valence-corrected chi connectivity index (χ2v) is 18.8. The van der Waals surface area contributed by atoms with E-state index in [-0.39, 0.29) is 18.2 Å². The molecular formula is C45H64N12O8S3. The molecule has 0 radical (unpaired) electrons. The van der Waals surface area contributed by atoms with Crippen molar-refractivity contribution in [3.63, 3.8) is 0 Å². The number of anilines is 3. The lowest BCUT2D eigenvalue weighted by Crippen LogP contribution is -2.29. The Labute approximate surface area is 409 Å². The molecule has 5 aromatic heterocycles. The third kappa shape index (κ3) is 16.3. The van der Waals surface area contributed by atoms with Gasteiger partial charge < -0.3 is 28.9 Å². The number of hydrogen-bond acceptors (Lipinski definition) is 21. The van der Waals surface area contributed by atoms with E-state index >= 15 is 0 Å². The number of esters is 3. The molecular weight excluding hydrogens is 933 g/mol. The molecule has 0 spiro atoms. The van der Waals surface area contributed by atoms with Gasteiger partial charge in [0, 0.05) is 61.1 Å². The van der Waals surface area contributed by atoms with E-state index in [0.29, 0.717) is 31.0 Å². The number of piperidine rings is 3. The summed E-state index contributed by atoms with van der Waals surface area (Å²) in [6, 6.07) is 3.48. The van der Waals surface area contributed by atoms with E-state index < -0.39 is 17.7 Å². The number of nitrogens with one attached hydrogen (secondary N) is 1. The molecule has 0 amide bonds. The van der Waals surface area contributed by atoms with Gasteiger partial charge in [-0.1, -0.05) is 0 Å². The molecule has 68 heavy (non-hydrogen) atoms. The summed E-state index contributed by atoms with van der Waals surface area (Å²) in [4.78, 5) is 75.4. The van der Waals surface area contributed by atoms with E-state index in [1.54, 1.807) is 55.5 Å². The van der Waals surface area contributed by atoms with Crippen molar-refractivity contribution in [2.45, 2.75) is 105 Å². The van der Waals surface area contributed by atoms with Crippen molar-refractivity contribution in [1.29, 1.82) is 0 Å². The molecule has 3 fully saturated rings. The minimum absolute atomic E-state index is 0.338. The molecule has 0 unspecified atom stereocenters. The smallest absolute Gasteiger partial charge is 0.374 e. The predicted molar refractivity (Wildman–Crippen MR) is 263 cm³/mol. The number of nitrogens with zero attached hydrogens (tertiary/aromatic N) is 10. The Morgan fingerprint density at radius 1 is 0.618 bits per heavy atom. The van der Waals surface area contributed by atoms with Crippen LogP contribution in [0, 0.1) is 13.8 Å². The van der Waals surface area contributed by atoms with Crippen LogP contribution in [0.4, 0.5) is 15.4 Å². The highest BCUT2D eigenvalue weighted by Gasteiger charge is 2.20. The van der Waals surface area contributed by atoms with Gasteiger partial charge in [-0.25, -0.2) is 29.3 Å². The molecule has 3 aliphatic heterocycles. The quantitative estimate of drug-likeness (QED) is 0.0336. The fourth-order valence-corrected chi connectivity index (χ4v) is 10.1. The number of methoxy groups -OCH3 is 3. The van der Waals surface area contributed by atoms with Gasteiger partial charge in [0.1, 0.15) is 11.5 Å². The summed E-state index contributed by atoms with van der Waals surface area (Å²) in [5.74, 6) is 2.38.